The van der Waals surface area contributed by atoms with E-state index in [9.17, 15) is 4.39 Å². The van der Waals surface area contributed by atoms with Crippen LogP contribution in [0.3, 0.4) is 0 Å². The third-order valence-corrected chi connectivity index (χ3v) is 2.73. The standard InChI is InChI=1S/C11H12FN3S/c1-2-7-13-11-14-10(15-16-11)8-3-5-9(12)6-4-8/h3-6H,2,7H2,1H3,(H,13,14,15). The Bertz CT molecular complexity index is 453. The highest BCUT2D eigenvalue weighted by molar-refractivity contribution is 7.09. The molecule has 0 saturated carbocycles. The van der Waals surface area contributed by atoms with E-state index in [1.54, 1.807) is 12.1 Å². The van der Waals surface area contributed by atoms with Crippen LogP contribution in [-0.4, -0.2) is 15.9 Å². The highest BCUT2D eigenvalue weighted by atomic mass is 32.1. The summed E-state index contributed by atoms with van der Waals surface area (Å²) in [5, 5.41) is 3.97. The van der Waals surface area contributed by atoms with Crippen molar-refractivity contribution in [2.24, 2.45) is 0 Å². The van der Waals surface area contributed by atoms with E-state index in [4.69, 9.17) is 0 Å². The Morgan fingerprint density at radius 2 is 2.06 bits per heavy atom. The molecule has 1 heterocycles. The highest BCUT2D eigenvalue weighted by Gasteiger charge is 2.05. The first-order chi connectivity index (χ1) is 7.79. The molecule has 0 fully saturated rings. The van der Waals surface area contributed by atoms with Crippen molar-refractivity contribution in [2.45, 2.75) is 13.3 Å². The zero-order valence-electron chi connectivity index (χ0n) is 8.90. The van der Waals surface area contributed by atoms with Crippen LogP contribution in [0.15, 0.2) is 24.3 Å². The summed E-state index contributed by atoms with van der Waals surface area (Å²) in [6, 6.07) is 6.19. The topological polar surface area (TPSA) is 37.8 Å². The van der Waals surface area contributed by atoms with Gasteiger partial charge in [0.05, 0.1) is 0 Å². The first-order valence-corrected chi connectivity index (χ1v) is 5.90. The lowest BCUT2D eigenvalue weighted by Gasteiger charge is -1.96. The maximum atomic E-state index is 12.7. The third kappa shape index (κ3) is 2.55. The smallest absolute Gasteiger partial charge is 0.202 e. The van der Waals surface area contributed by atoms with Crippen molar-refractivity contribution in [1.29, 1.82) is 0 Å². The molecule has 0 radical (unpaired) electrons. The zero-order chi connectivity index (χ0) is 11.4. The largest absolute Gasteiger partial charge is 0.360 e. The lowest BCUT2D eigenvalue weighted by atomic mass is 10.2. The number of anilines is 1. The Morgan fingerprint density at radius 1 is 1.31 bits per heavy atom. The lowest BCUT2D eigenvalue weighted by Crippen LogP contribution is -1.98. The van der Waals surface area contributed by atoms with E-state index in [1.807, 2.05) is 0 Å². The Hall–Kier alpha value is -1.49. The molecule has 1 N–H and O–H groups in total. The summed E-state index contributed by atoms with van der Waals surface area (Å²) in [6.07, 6.45) is 1.05. The number of halogens is 1. The summed E-state index contributed by atoms with van der Waals surface area (Å²) in [5.41, 5.74) is 0.835. The number of nitrogens with one attached hydrogen (secondary N) is 1. The van der Waals surface area contributed by atoms with Gasteiger partial charge in [-0.3, -0.25) is 0 Å². The molecule has 0 amide bonds. The number of rotatable bonds is 4. The van der Waals surface area contributed by atoms with Gasteiger partial charge in [-0.2, -0.15) is 9.36 Å². The van der Waals surface area contributed by atoms with Gasteiger partial charge in [-0.05, 0) is 30.7 Å². The number of hydrogen-bond acceptors (Lipinski definition) is 4. The quantitative estimate of drug-likeness (QED) is 0.887. The maximum Gasteiger partial charge on any atom is 0.202 e. The van der Waals surface area contributed by atoms with Crippen LogP contribution in [0, 0.1) is 5.82 Å². The first kappa shape index (κ1) is 11.0. The zero-order valence-corrected chi connectivity index (χ0v) is 9.72. The molecule has 0 aliphatic carbocycles. The minimum absolute atomic E-state index is 0.247. The Labute approximate surface area is 97.5 Å². The fraction of sp³-hybridized carbons (Fsp3) is 0.273. The molecule has 0 aliphatic rings. The van der Waals surface area contributed by atoms with E-state index in [0.717, 1.165) is 23.7 Å². The first-order valence-electron chi connectivity index (χ1n) is 5.13. The van der Waals surface area contributed by atoms with E-state index in [-0.39, 0.29) is 5.82 Å². The van der Waals surface area contributed by atoms with Crippen molar-refractivity contribution >= 4 is 16.7 Å². The second-order valence-electron chi connectivity index (χ2n) is 3.36. The van der Waals surface area contributed by atoms with Crippen molar-refractivity contribution < 1.29 is 4.39 Å². The van der Waals surface area contributed by atoms with Crippen LogP contribution in [0.5, 0.6) is 0 Å². The number of benzene rings is 1. The molecule has 1 aromatic carbocycles. The van der Waals surface area contributed by atoms with Crippen LogP contribution in [0.4, 0.5) is 9.52 Å². The second kappa shape index (κ2) is 5.03. The molecule has 2 aromatic rings. The molecule has 1 aromatic heterocycles. The monoisotopic (exact) mass is 237 g/mol. The fourth-order valence-electron chi connectivity index (χ4n) is 1.24. The van der Waals surface area contributed by atoms with Crippen molar-refractivity contribution in [3.63, 3.8) is 0 Å². The van der Waals surface area contributed by atoms with Crippen LogP contribution in [-0.2, 0) is 0 Å². The Kier molecular flexibility index (Phi) is 3.46. The van der Waals surface area contributed by atoms with Crippen molar-refractivity contribution in [2.75, 3.05) is 11.9 Å². The van der Waals surface area contributed by atoms with E-state index in [2.05, 4.69) is 21.6 Å². The minimum Gasteiger partial charge on any atom is -0.360 e. The Morgan fingerprint density at radius 3 is 2.75 bits per heavy atom. The second-order valence-corrected chi connectivity index (χ2v) is 4.11. The maximum absolute atomic E-state index is 12.7. The van der Waals surface area contributed by atoms with Gasteiger partial charge in [-0.25, -0.2) is 4.39 Å². The van der Waals surface area contributed by atoms with Gasteiger partial charge in [0.2, 0.25) is 5.13 Å². The molecule has 0 spiro atoms. The van der Waals surface area contributed by atoms with Crippen LogP contribution in [0.1, 0.15) is 13.3 Å². The van der Waals surface area contributed by atoms with Crippen LogP contribution < -0.4 is 5.32 Å². The van der Waals surface area contributed by atoms with Gasteiger partial charge < -0.3 is 5.32 Å². The molecule has 0 aliphatic heterocycles. The number of hydrogen-bond donors (Lipinski definition) is 1. The van der Waals surface area contributed by atoms with Crippen LogP contribution in [0.25, 0.3) is 11.4 Å². The summed E-state index contributed by atoms with van der Waals surface area (Å²) in [4.78, 5) is 4.32. The van der Waals surface area contributed by atoms with Crippen molar-refractivity contribution in [3.8, 4) is 11.4 Å². The summed E-state index contributed by atoms with van der Waals surface area (Å²) in [5.74, 6) is 0.395. The molecular weight excluding hydrogens is 225 g/mol. The average molecular weight is 237 g/mol. The lowest BCUT2D eigenvalue weighted by molar-refractivity contribution is 0.628. The van der Waals surface area contributed by atoms with Crippen LogP contribution >= 0.6 is 11.5 Å². The van der Waals surface area contributed by atoms with E-state index in [0.29, 0.717) is 5.82 Å². The average Bonchev–Trinajstić information content (AvgIpc) is 2.76. The molecule has 0 saturated heterocycles. The molecule has 0 unspecified atom stereocenters. The summed E-state index contributed by atoms with van der Waals surface area (Å²) >= 11 is 1.32. The molecule has 0 atom stereocenters. The highest BCUT2D eigenvalue weighted by Crippen LogP contribution is 2.21. The van der Waals surface area contributed by atoms with E-state index in [1.165, 1.54) is 23.7 Å². The van der Waals surface area contributed by atoms with E-state index < -0.39 is 0 Å². The van der Waals surface area contributed by atoms with E-state index >= 15 is 0 Å². The van der Waals surface area contributed by atoms with Crippen LogP contribution in [0.2, 0.25) is 0 Å². The molecule has 2 rings (SSSR count). The van der Waals surface area contributed by atoms with Crippen molar-refractivity contribution in [3.05, 3.63) is 30.1 Å². The molecule has 84 valence electrons. The summed E-state index contributed by atoms with van der Waals surface area (Å²) < 4.78 is 16.9. The van der Waals surface area contributed by atoms with Gasteiger partial charge in [0.1, 0.15) is 5.82 Å². The van der Waals surface area contributed by atoms with Gasteiger partial charge in [-0.1, -0.05) is 6.92 Å². The third-order valence-electron chi connectivity index (χ3n) is 2.05. The molecule has 5 heteroatoms. The van der Waals surface area contributed by atoms with Gasteiger partial charge >= 0.3 is 0 Å². The minimum atomic E-state index is -0.247. The van der Waals surface area contributed by atoms with Crippen molar-refractivity contribution in [1.82, 2.24) is 9.36 Å². The summed E-state index contributed by atoms with van der Waals surface area (Å²) in [6.45, 7) is 2.98. The molecule has 16 heavy (non-hydrogen) atoms. The predicted octanol–water partition coefficient (Wildman–Crippen LogP) is 3.17. The fourth-order valence-corrected chi connectivity index (χ4v) is 1.86. The SMILES string of the molecule is CCCNc1nc(-c2ccc(F)cc2)ns1. The van der Waals surface area contributed by atoms with Gasteiger partial charge in [-0.15, -0.1) is 0 Å². The normalized spacial score (nSPS) is 10.4. The summed E-state index contributed by atoms with van der Waals surface area (Å²) in [7, 11) is 0. The Balaban J connectivity index is 2.15. The predicted molar refractivity (Wildman–Crippen MR) is 64.1 cm³/mol. The molecular formula is C11H12FN3S. The van der Waals surface area contributed by atoms with Gasteiger partial charge in [0.25, 0.3) is 0 Å². The number of nitrogens with zero attached hydrogens (tertiary/aromatic N) is 2. The molecule has 0 bridgehead atoms. The van der Waals surface area contributed by atoms with Gasteiger partial charge in [0.15, 0.2) is 5.82 Å². The van der Waals surface area contributed by atoms with Gasteiger partial charge in [0, 0.05) is 23.6 Å². The number of aromatic nitrogens is 2. The molecule has 3 nitrogen and oxygen atoms in total.